The highest BCUT2D eigenvalue weighted by Crippen LogP contribution is 2.38. The van der Waals surface area contributed by atoms with Crippen molar-refractivity contribution in [1.29, 1.82) is 0 Å². The Hall–Kier alpha value is -2.21. The number of hydrazone groups is 1. The summed E-state index contributed by atoms with van der Waals surface area (Å²) in [7, 11) is 1.62. The summed E-state index contributed by atoms with van der Waals surface area (Å²) in [6.07, 6.45) is 1.67. The summed E-state index contributed by atoms with van der Waals surface area (Å²) in [5.41, 5.74) is 4.39. The number of halogens is 1. The van der Waals surface area contributed by atoms with Crippen molar-refractivity contribution in [2.75, 3.05) is 7.11 Å². The Balaban J connectivity index is 1.92. The van der Waals surface area contributed by atoms with E-state index in [9.17, 15) is 4.79 Å². The molecule has 0 radical (unpaired) electrons. The highest BCUT2D eigenvalue weighted by atomic mass is 35.5. The molecule has 6 nitrogen and oxygen atoms in total. The number of fused-ring (bicyclic) bond motifs is 1. The third-order valence-electron chi connectivity index (χ3n) is 3.90. The van der Waals surface area contributed by atoms with Crippen LogP contribution in [0.4, 0.5) is 0 Å². The van der Waals surface area contributed by atoms with Crippen LogP contribution in [0.3, 0.4) is 0 Å². The summed E-state index contributed by atoms with van der Waals surface area (Å²) in [6.45, 7) is 4.19. The molecule has 1 aromatic rings. The molecule has 1 amide bonds. The third-order valence-corrected chi connectivity index (χ3v) is 4.07. The van der Waals surface area contributed by atoms with Crippen molar-refractivity contribution in [2.24, 2.45) is 10.5 Å². The molecule has 2 heterocycles. The van der Waals surface area contributed by atoms with Gasteiger partial charge in [0.05, 0.1) is 31.0 Å². The van der Waals surface area contributed by atoms with Crippen LogP contribution in [-0.4, -0.2) is 28.2 Å². The van der Waals surface area contributed by atoms with E-state index in [0.717, 1.165) is 17.0 Å². The Morgan fingerprint density at radius 2 is 2.00 bits per heavy atom. The maximum absolute atomic E-state index is 12.7. The molecule has 2 aliphatic heterocycles. The van der Waals surface area contributed by atoms with Crippen LogP contribution in [-0.2, 0) is 11.3 Å². The molecule has 0 aromatic heterocycles. The quantitative estimate of drug-likeness (QED) is 0.868. The lowest BCUT2D eigenvalue weighted by atomic mass is 9.89. The summed E-state index contributed by atoms with van der Waals surface area (Å²) in [5, 5.41) is 4.20. The van der Waals surface area contributed by atoms with Gasteiger partial charge in [-0.3, -0.25) is 4.79 Å². The lowest BCUT2D eigenvalue weighted by Crippen LogP contribution is -2.32. The van der Waals surface area contributed by atoms with E-state index in [1.807, 2.05) is 38.1 Å². The lowest BCUT2D eigenvalue weighted by molar-refractivity contribution is -0.133. The molecule has 116 valence electrons. The fourth-order valence-corrected chi connectivity index (χ4v) is 2.76. The standard InChI is InChI=1S/C15H17ClN4O2/c1-15(2)13-12(9-20(16)18-17-13)19(14(15)21)8-10-4-6-11(22-3)7-5-10/h4-7,9,18H,8H2,1-3H3. The van der Waals surface area contributed by atoms with Gasteiger partial charge in [0.1, 0.15) is 11.5 Å². The predicted octanol–water partition coefficient (Wildman–Crippen LogP) is 2.24. The second-order valence-electron chi connectivity index (χ2n) is 5.75. The number of hydrogen-bond acceptors (Lipinski definition) is 5. The predicted molar refractivity (Wildman–Crippen MR) is 83.7 cm³/mol. The number of likely N-dealkylation sites (tertiary alicyclic amines) is 1. The van der Waals surface area contributed by atoms with Gasteiger partial charge >= 0.3 is 0 Å². The molecule has 1 fully saturated rings. The maximum Gasteiger partial charge on any atom is 0.239 e. The highest BCUT2D eigenvalue weighted by molar-refractivity contribution is 6.23. The number of carbonyl (C=O) groups is 1. The van der Waals surface area contributed by atoms with E-state index >= 15 is 0 Å². The van der Waals surface area contributed by atoms with Crippen LogP contribution in [0.1, 0.15) is 19.4 Å². The number of amides is 1. The molecule has 1 saturated heterocycles. The zero-order valence-electron chi connectivity index (χ0n) is 12.6. The van der Waals surface area contributed by atoms with Gasteiger partial charge in [0.2, 0.25) is 5.91 Å². The molecular formula is C15H17ClN4O2. The minimum absolute atomic E-state index is 0.00193. The Labute approximate surface area is 134 Å². The first-order valence-corrected chi connectivity index (χ1v) is 7.23. The van der Waals surface area contributed by atoms with Gasteiger partial charge in [0, 0.05) is 11.8 Å². The van der Waals surface area contributed by atoms with Crippen LogP contribution < -0.4 is 10.3 Å². The molecule has 0 aliphatic carbocycles. The number of allylic oxidation sites excluding steroid dienone is 1. The smallest absolute Gasteiger partial charge is 0.239 e. The van der Waals surface area contributed by atoms with Gasteiger partial charge < -0.3 is 9.64 Å². The number of hydrogen-bond donors (Lipinski definition) is 1. The minimum Gasteiger partial charge on any atom is -0.497 e. The van der Waals surface area contributed by atoms with Crippen molar-refractivity contribution in [2.45, 2.75) is 20.4 Å². The van der Waals surface area contributed by atoms with E-state index in [-0.39, 0.29) is 5.91 Å². The van der Waals surface area contributed by atoms with Crippen molar-refractivity contribution >= 4 is 23.4 Å². The number of nitrogens with zero attached hydrogens (tertiary/aromatic N) is 3. The average molecular weight is 321 g/mol. The minimum atomic E-state index is -0.677. The summed E-state index contributed by atoms with van der Waals surface area (Å²) < 4.78 is 6.37. The van der Waals surface area contributed by atoms with Gasteiger partial charge in [-0.05, 0) is 31.5 Å². The van der Waals surface area contributed by atoms with Gasteiger partial charge in [-0.1, -0.05) is 12.1 Å². The number of nitrogens with one attached hydrogen (secondary N) is 1. The average Bonchev–Trinajstić information content (AvgIpc) is 2.69. The largest absolute Gasteiger partial charge is 0.497 e. The van der Waals surface area contributed by atoms with E-state index in [0.29, 0.717) is 12.3 Å². The van der Waals surface area contributed by atoms with Crippen LogP contribution in [0.15, 0.2) is 41.3 Å². The molecule has 0 spiro atoms. The van der Waals surface area contributed by atoms with Crippen LogP contribution in [0.25, 0.3) is 0 Å². The number of rotatable bonds is 3. The van der Waals surface area contributed by atoms with Gasteiger partial charge in [-0.15, -0.1) is 0 Å². The monoisotopic (exact) mass is 320 g/mol. The van der Waals surface area contributed by atoms with Gasteiger partial charge in [-0.2, -0.15) is 9.63 Å². The number of hydrazine groups is 1. The number of benzene rings is 1. The molecule has 7 heteroatoms. The first-order valence-electron chi connectivity index (χ1n) is 6.89. The Morgan fingerprint density at radius 1 is 1.32 bits per heavy atom. The summed E-state index contributed by atoms with van der Waals surface area (Å²) >= 11 is 5.92. The van der Waals surface area contributed by atoms with Crippen LogP contribution in [0.2, 0.25) is 0 Å². The highest BCUT2D eigenvalue weighted by Gasteiger charge is 2.49. The van der Waals surface area contributed by atoms with Crippen LogP contribution in [0.5, 0.6) is 5.75 Å². The van der Waals surface area contributed by atoms with Crippen molar-refractivity contribution in [3.05, 3.63) is 41.7 Å². The first kappa shape index (κ1) is 14.7. The Morgan fingerprint density at radius 3 is 2.64 bits per heavy atom. The molecule has 1 aromatic carbocycles. The van der Waals surface area contributed by atoms with Crippen LogP contribution in [0, 0.1) is 5.41 Å². The topological polar surface area (TPSA) is 57.2 Å². The number of carbonyl (C=O) groups excluding carboxylic acids is 1. The Kier molecular flexibility index (Phi) is 3.48. The first-order chi connectivity index (χ1) is 10.4. The molecule has 0 saturated carbocycles. The molecule has 1 N–H and O–H groups in total. The molecule has 22 heavy (non-hydrogen) atoms. The Bertz CT molecular complexity index is 667. The fraction of sp³-hybridized carbons (Fsp3) is 0.333. The fourth-order valence-electron chi connectivity index (χ4n) is 2.63. The van der Waals surface area contributed by atoms with E-state index in [4.69, 9.17) is 16.5 Å². The molecule has 0 bridgehead atoms. The maximum atomic E-state index is 12.7. The van der Waals surface area contributed by atoms with Gasteiger partial charge in [0.25, 0.3) is 0 Å². The van der Waals surface area contributed by atoms with Crippen molar-refractivity contribution < 1.29 is 9.53 Å². The van der Waals surface area contributed by atoms with Gasteiger partial charge in [0.15, 0.2) is 0 Å². The SMILES string of the molecule is COc1ccc(CN2C(=O)C(C)(C)C3=NNN(Cl)C=C32)cc1. The second-order valence-corrected chi connectivity index (χ2v) is 6.11. The van der Waals surface area contributed by atoms with E-state index < -0.39 is 5.41 Å². The van der Waals surface area contributed by atoms with Crippen molar-refractivity contribution in [1.82, 2.24) is 15.0 Å². The molecule has 3 rings (SSSR count). The molecule has 2 aliphatic rings. The number of ether oxygens (including phenoxy) is 1. The molecule has 0 atom stereocenters. The summed E-state index contributed by atoms with van der Waals surface area (Å²) in [5.74, 6) is 0.786. The van der Waals surface area contributed by atoms with Crippen molar-refractivity contribution in [3.8, 4) is 5.75 Å². The zero-order valence-corrected chi connectivity index (χ0v) is 13.4. The van der Waals surface area contributed by atoms with Gasteiger partial charge in [-0.25, -0.2) is 5.53 Å². The third kappa shape index (κ3) is 2.29. The summed E-state index contributed by atoms with van der Waals surface area (Å²) in [6, 6.07) is 7.63. The summed E-state index contributed by atoms with van der Waals surface area (Å²) in [4.78, 5) is 14.4. The molecule has 0 unspecified atom stereocenters. The van der Waals surface area contributed by atoms with E-state index in [1.165, 1.54) is 4.53 Å². The normalized spacial score (nSPS) is 19.4. The van der Waals surface area contributed by atoms with Crippen LogP contribution >= 0.6 is 11.8 Å². The lowest BCUT2D eigenvalue weighted by Gasteiger charge is -2.22. The second kappa shape index (κ2) is 5.21. The zero-order chi connectivity index (χ0) is 15.9. The number of methoxy groups -OCH3 is 1. The van der Waals surface area contributed by atoms with E-state index in [2.05, 4.69) is 10.6 Å². The van der Waals surface area contributed by atoms with Crippen molar-refractivity contribution in [3.63, 3.8) is 0 Å². The van der Waals surface area contributed by atoms with E-state index in [1.54, 1.807) is 18.2 Å². The molecular weight excluding hydrogens is 304 g/mol.